The first kappa shape index (κ1) is 23.7. The van der Waals surface area contributed by atoms with Gasteiger partial charge in [0.25, 0.3) is 0 Å². The fourth-order valence-corrected chi connectivity index (χ4v) is 9.39. The van der Waals surface area contributed by atoms with Gasteiger partial charge < -0.3 is 10.4 Å². The summed E-state index contributed by atoms with van der Waals surface area (Å²) in [6.07, 6.45) is 9.37. The molecule has 5 unspecified atom stereocenters. The van der Waals surface area contributed by atoms with Crippen LogP contribution in [-0.2, 0) is 16.6 Å². The van der Waals surface area contributed by atoms with E-state index < -0.39 is 0 Å². The lowest BCUT2D eigenvalue weighted by Gasteiger charge is -2.51. The molecule has 3 aliphatic carbocycles. The van der Waals surface area contributed by atoms with E-state index in [1.165, 1.54) is 33.7 Å². The Bertz CT molecular complexity index is 1320. The summed E-state index contributed by atoms with van der Waals surface area (Å²) < 4.78 is 1.58. The van der Waals surface area contributed by atoms with Crippen molar-refractivity contribution >= 4 is 54.2 Å². The fourth-order valence-electron chi connectivity index (χ4n) is 7.36. The van der Waals surface area contributed by atoms with Gasteiger partial charge in [-0.15, -0.1) is 11.3 Å². The number of fused-ring (bicyclic) bond motifs is 7. The van der Waals surface area contributed by atoms with Gasteiger partial charge >= 0.3 is 0 Å². The van der Waals surface area contributed by atoms with Crippen LogP contribution in [0.25, 0.3) is 0 Å². The first-order valence-corrected chi connectivity index (χ1v) is 14.6. The summed E-state index contributed by atoms with van der Waals surface area (Å²) in [5, 5.41) is 22.0. The number of nitrogens with one attached hydrogen (secondary N) is 2. The Labute approximate surface area is 225 Å². The number of aromatic amines is 1. The zero-order chi connectivity index (χ0) is 24.5. The Morgan fingerprint density at radius 3 is 2.94 bits per heavy atom. The minimum absolute atomic E-state index is 0.0208. The van der Waals surface area contributed by atoms with Crippen LogP contribution >= 0.6 is 43.2 Å². The molecule has 0 radical (unpaired) electrons. The molecule has 184 valence electrons. The van der Waals surface area contributed by atoms with Crippen molar-refractivity contribution in [3.8, 4) is 5.75 Å². The van der Waals surface area contributed by atoms with Gasteiger partial charge in [0.05, 0.1) is 14.6 Å². The minimum Gasteiger partial charge on any atom is -0.506 e. The van der Waals surface area contributed by atoms with E-state index in [0.29, 0.717) is 41.0 Å². The second-order valence-corrected chi connectivity index (χ2v) is 13.4. The van der Waals surface area contributed by atoms with E-state index in [-0.39, 0.29) is 11.3 Å². The van der Waals surface area contributed by atoms with Crippen LogP contribution < -0.4 is 5.32 Å². The molecule has 2 aromatic heterocycles. The van der Waals surface area contributed by atoms with Gasteiger partial charge in [-0.2, -0.15) is 5.10 Å². The third-order valence-corrected chi connectivity index (χ3v) is 11.0. The van der Waals surface area contributed by atoms with E-state index in [1.54, 1.807) is 6.20 Å². The number of phenols is 1. The molecule has 1 aromatic carbocycles. The lowest BCUT2D eigenvalue weighted by atomic mass is 9.53. The Kier molecular flexibility index (Phi) is 5.88. The first-order valence-electron chi connectivity index (χ1n) is 12.2. The molecule has 9 heteroatoms. The molecule has 3 N–H and O–H groups in total. The SMILES string of the molecule is Cc1cnc(NC(=O)CCC2c3c[nH]nc3C3(C)CCC4c5cc(Br)c(O)c(Br)c5CCC4C23)s1. The summed E-state index contributed by atoms with van der Waals surface area (Å²) >= 11 is 8.73. The van der Waals surface area contributed by atoms with Gasteiger partial charge in [-0.25, -0.2) is 4.98 Å². The number of benzene rings is 1. The van der Waals surface area contributed by atoms with Crippen molar-refractivity contribution in [3.63, 3.8) is 0 Å². The highest BCUT2D eigenvalue weighted by atomic mass is 79.9. The van der Waals surface area contributed by atoms with Gasteiger partial charge in [-0.3, -0.25) is 9.89 Å². The molecule has 5 atom stereocenters. The number of carbonyl (C=O) groups is 1. The van der Waals surface area contributed by atoms with Crippen molar-refractivity contribution in [2.45, 2.75) is 69.6 Å². The summed E-state index contributed by atoms with van der Waals surface area (Å²) in [6.45, 7) is 4.39. The van der Waals surface area contributed by atoms with Crippen LogP contribution in [0.4, 0.5) is 5.13 Å². The number of halogens is 2. The number of rotatable bonds is 4. The van der Waals surface area contributed by atoms with E-state index in [1.807, 2.05) is 6.92 Å². The molecule has 2 heterocycles. The fraction of sp³-hybridized carbons (Fsp3) is 0.500. The molecule has 6 rings (SSSR count). The maximum Gasteiger partial charge on any atom is 0.226 e. The second-order valence-electron chi connectivity index (χ2n) is 10.5. The number of aromatic hydroxyl groups is 1. The summed E-state index contributed by atoms with van der Waals surface area (Å²) in [4.78, 5) is 18.2. The number of phenolic OH excluding ortho intramolecular Hbond substituents is 1. The highest BCUT2D eigenvalue weighted by Gasteiger charge is 2.58. The van der Waals surface area contributed by atoms with E-state index in [2.05, 4.69) is 66.4 Å². The first-order chi connectivity index (χ1) is 16.8. The van der Waals surface area contributed by atoms with Crippen molar-refractivity contribution in [1.29, 1.82) is 0 Å². The van der Waals surface area contributed by atoms with Crippen LogP contribution in [0.5, 0.6) is 5.75 Å². The van der Waals surface area contributed by atoms with Crippen molar-refractivity contribution in [2.24, 2.45) is 11.8 Å². The van der Waals surface area contributed by atoms with Gasteiger partial charge in [-0.1, -0.05) is 6.92 Å². The van der Waals surface area contributed by atoms with Crippen molar-refractivity contribution in [2.75, 3.05) is 5.32 Å². The highest BCUT2D eigenvalue weighted by Crippen LogP contribution is 2.65. The largest absolute Gasteiger partial charge is 0.506 e. The molecule has 1 saturated carbocycles. The number of aromatic nitrogens is 3. The average molecular weight is 620 g/mol. The topological polar surface area (TPSA) is 90.9 Å². The highest BCUT2D eigenvalue weighted by molar-refractivity contribution is 9.11. The maximum absolute atomic E-state index is 12.8. The molecule has 35 heavy (non-hydrogen) atoms. The molecular weight excluding hydrogens is 592 g/mol. The Hall–Kier alpha value is -1.71. The van der Waals surface area contributed by atoms with Gasteiger partial charge in [0.2, 0.25) is 5.91 Å². The van der Waals surface area contributed by atoms with Gasteiger partial charge in [0.15, 0.2) is 5.13 Å². The van der Waals surface area contributed by atoms with Gasteiger partial charge in [0.1, 0.15) is 5.75 Å². The monoisotopic (exact) mass is 618 g/mol. The number of anilines is 1. The minimum atomic E-state index is 0.0208. The smallest absolute Gasteiger partial charge is 0.226 e. The van der Waals surface area contributed by atoms with Crippen LogP contribution in [-0.4, -0.2) is 26.2 Å². The van der Waals surface area contributed by atoms with Gasteiger partial charge in [0, 0.05) is 29.1 Å². The number of hydrogen-bond acceptors (Lipinski definition) is 5. The van der Waals surface area contributed by atoms with E-state index in [0.717, 1.165) is 45.9 Å². The Balaban J connectivity index is 1.30. The standard InChI is InChI=1S/C26H28Br2N4O2S/c1-12-10-29-25(35-12)31-20(33)6-5-15-18-11-30-32-24(18)26(2)8-7-13-14(21(15)26)3-4-16-17(13)9-19(27)23(34)22(16)28/h9-11,13-15,21,34H,3-8H2,1-2H3,(H,30,32)(H,29,31,33). The molecule has 3 aliphatic rings. The maximum atomic E-state index is 12.8. The molecule has 0 spiro atoms. The lowest BCUT2D eigenvalue weighted by molar-refractivity contribution is -0.116. The van der Waals surface area contributed by atoms with Crippen LogP contribution in [0.15, 0.2) is 27.4 Å². The predicted molar refractivity (Wildman–Crippen MR) is 144 cm³/mol. The quantitative estimate of drug-likeness (QED) is 0.295. The van der Waals surface area contributed by atoms with Crippen molar-refractivity contribution in [3.05, 3.63) is 54.7 Å². The molecule has 6 nitrogen and oxygen atoms in total. The zero-order valence-corrected chi connectivity index (χ0v) is 23.7. The van der Waals surface area contributed by atoms with E-state index in [9.17, 15) is 9.90 Å². The number of nitrogens with zero attached hydrogens (tertiary/aromatic N) is 2. The van der Waals surface area contributed by atoms with E-state index in [4.69, 9.17) is 5.10 Å². The molecule has 1 fully saturated rings. The number of carbonyl (C=O) groups excluding carboxylic acids is 1. The van der Waals surface area contributed by atoms with Crippen LogP contribution in [0.2, 0.25) is 0 Å². The third-order valence-electron chi connectivity index (χ3n) is 8.74. The van der Waals surface area contributed by atoms with Gasteiger partial charge in [-0.05, 0) is 117 Å². The zero-order valence-electron chi connectivity index (χ0n) is 19.7. The Morgan fingerprint density at radius 2 is 2.17 bits per heavy atom. The molecule has 0 aliphatic heterocycles. The lowest BCUT2D eigenvalue weighted by Crippen LogP contribution is -2.44. The number of aryl methyl sites for hydroxylation is 1. The average Bonchev–Trinajstić information content (AvgIpc) is 3.52. The predicted octanol–water partition coefficient (Wildman–Crippen LogP) is 6.94. The normalized spacial score (nSPS) is 28.7. The third kappa shape index (κ3) is 3.72. The summed E-state index contributed by atoms with van der Waals surface area (Å²) in [6, 6.07) is 2.14. The molecular formula is C26H28Br2N4O2S. The van der Waals surface area contributed by atoms with Crippen molar-refractivity contribution < 1.29 is 9.90 Å². The van der Waals surface area contributed by atoms with Crippen molar-refractivity contribution in [1.82, 2.24) is 15.2 Å². The Morgan fingerprint density at radius 1 is 1.34 bits per heavy atom. The molecule has 0 saturated heterocycles. The number of amides is 1. The number of H-pyrrole nitrogens is 1. The number of thiazole rings is 1. The number of hydrogen-bond donors (Lipinski definition) is 3. The second kappa shape index (κ2) is 8.70. The van der Waals surface area contributed by atoms with E-state index >= 15 is 0 Å². The van der Waals surface area contributed by atoms with Crippen LogP contribution in [0.1, 0.15) is 78.1 Å². The summed E-state index contributed by atoms with van der Waals surface area (Å²) in [5.74, 6) is 2.05. The van der Waals surface area contributed by atoms with Crippen LogP contribution in [0, 0.1) is 18.8 Å². The summed E-state index contributed by atoms with van der Waals surface area (Å²) in [5.41, 5.74) is 5.14. The molecule has 0 bridgehead atoms. The van der Waals surface area contributed by atoms with Crippen LogP contribution in [0.3, 0.4) is 0 Å². The molecule has 3 aromatic rings. The summed E-state index contributed by atoms with van der Waals surface area (Å²) in [7, 11) is 0. The molecule has 1 amide bonds.